The molecule has 0 atom stereocenters. The lowest BCUT2D eigenvalue weighted by Crippen LogP contribution is -2.21. The summed E-state index contributed by atoms with van der Waals surface area (Å²) in [5.41, 5.74) is 0. The lowest BCUT2D eigenvalue weighted by atomic mass is 10.4. The Balaban J connectivity index is 2.35. The Morgan fingerprint density at radius 3 is 3.15 bits per heavy atom. The van der Waals surface area contributed by atoms with Gasteiger partial charge in [0, 0.05) is 17.5 Å². The van der Waals surface area contributed by atoms with Gasteiger partial charge in [0.05, 0.1) is 0 Å². The Bertz CT molecular complexity index is 277. The minimum absolute atomic E-state index is 0.0183. The second-order valence-electron chi connectivity index (χ2n) is 2.64. The second-order valence-corrected chi connectivity index (χ2v) is 3.62. The van der Waals surface area contributed by atoms with Crippen molar-refractivity contribution in [3.63, 3.8) is 0 Å². The van der Waals surface area contributed by atoms with Crippen LogP contribution in [0.1, 0.15) is 18.2 Å². The van der Waals surface area contributed by atoms with Crippen LogP contribution >= 0.6 is 11.3 Å². The summed E-state index contributed by atoms with van der Waals surface area (Å²) in [6.45, 7) is 2.77. The van der Waals surface area contributed by atoms with Gasteiger partial charge in [0.15, 0.2) is 0 Å². The molecule has 0 aliphatic heterocycles. The van der Waals surface area contributed by atoms with Gasteiger partial charge < -0.3 is 5.32 Å². The van der Waals surface area contributed by atoms with E-state index in [1.54, 1.807) is 17.4 Å². The van der Waals surface area contributed by atoms with E-state index < -0.39 is 0 Å². The summed E-state index contributed by atoms with van der Waals surface area (Å²) in [6, 6.07) is 3.95. The van der Waals surface area contributed by atoms with Gasteiger partial charge in [-0.25, -0.2) is 0 Å². The lowest BCUT2D eigenvalue weighted by Gasteiger charge is -1.96. The van der Waals surface area contributed by atoms with E-state index in [1.165, 1.54) is 0 Å². The summed E-state index contributed by atoms with van der Waals surface area (Å²) in [5, 5.41) is 4.76. The molecule has 0 saturated carbocycles. The lowest BCUT2D eigenvalue weighted by molar-refractivity contribution is -0.116. The first-order chi connectivity index (χ1) is 6.33. The highest BCUT2D eigenvalue weighted by molar-refractivity contribution is 7.10. The number of carbonyl (C=O) groups excluding carboxylic acids is 1. The van der Waals surface area contributed by atoms with Crippen molar-refractivity contribution in [2.24, 2.45) is 0 Å². The summed E-state index contributed by atoms with van der Waals surface area (Å²) in [7, 11) is 0. The van der Waals surface area contributed by atoms with Gasteiger partial charge in [0.25, 0.3) is 0 Å². The molecule has 0 aliphatic carbocycles. The van der Waals surface area contributed by atoms with E-state index in [9.17, 15) is 4.79 Å². The predicted octanol–water partition coefficient (Wildman–Crippen LogP) is 2.29. The van der Waals surface area contributed by atoms with E-state index >= 15 is 0 Å². The molecule has 0 spiro atoms. The summed E-state index contributed by atoms with van der Waals surface area (Å²) in [4.78, 5) is 12.2. The number of hydrogen-bond donors (Lipinski definition) is 1. The van der Waals surface area contributed by atoms with Gasteiger partial charge in [-0.3, -0.25) is 4.79 Å². The molecule has 0 bridgehead atoms. The molecule has 0 unspecified atom stereocenters. The molecule has 1 aromatic heterocycles. The van der Waals surface area contributed by atoms with Crippen molar-refractivity contribution < 1.29 is 4.79 Å². The molecule has 1 amide bonds. The number of carbonyl (C=O) groups is 1. The zero-order valence-electron chi connectivity index (χ0n) is 7.62. The van der Waals surface area contributed by atoms with Gasteiger partial charge in [-0.15, -0.1) is 11.3 Å². The van der Waals surface area contributed by atoms with Gasteiger partial charge in [-0.1, -0.05) is 13.0 Å². The van der Waals surface area contributed by atoms with Crippen LogP contribution in [-0.2, 0) is 4.79 Å². The van der Waals surface area contributed by atoms with Crippen LogP contribution in [0.4, 0.5) is 0 Å². The third kappa shape index (κ3) is 3.90. The molecule has 0 aromatic carbocycles. The fourth-order valence-electron chi connectivity index (χ4n) is 0.851. The summed E-state index contributed by atoms with van der Waals surface area (Å²) < 4.78 is 0. The molecule has 0 radical (unpaired) electrons. The van der Waals surface area contributed by atoms with E-state index in [0.717, 1.165) is 17.8 Å². The van der Waals surface area contributed by atoms with E-state index in [4.69, 9.17) is 0 Å². The molecule has 1 N–H and O–H groups in total. The molecule has 3 heteroatoms. The average molecular weight is 195 g/mol. The molecule has 1 rings (SSSR count). The van der Waals surface area contributed by atoms with Crippen molar-refractivity contribution >= 4 is 23.3 Å². The normalized spacial score (nSPS) is 10.5. The van der Waals surface area contributed by atoms with Gasteiger partial charge in [0.2, 0.25) is 5.91 Å². The fourth-order valence-corrected chi connectivity index (χ4v) is 1.47. The van der Waals surface area contributed by atoms with Gasteiger partial charge in [-0.2, -0.15) is 0 Å². The summed E-state index contributed by atoms with van der Waals surface area (Å²) in [6.07, 6.45) is 4.37. The summed E-state index contributed by atoms with van der Waals surface area (Å²) >= 11 is 1.62. The molecule has 0 aliphatic rings. The zero-order chi connectivity index (χ0) is 9.52. The van der Waals surface area contributed by atoms with Gasteiger partial charge in [0.1, 0.15) is 0 Å². The summed E-state index contributed by atoms with van der Waals surface area (Å²) in [5.74, 6) is -0.0183. The van der Waals surface area contributed by atoms with E-state index in [-0.39, 0.29) is 5.91 Å². The Hall–Kier alpha value is -1.09. The monoisotopic (exact) mass is 195 g/mol. The highest BCUT2D eigenvalue weighted by Gasteiger charge is 1.92. The SMILES string of the molecule is CCCNC(=O)C=Cc1cccs1. The van der Waals surface area contributed by atoms with Crippen LogP contribution in [0.2, 0.25) is 0 Å². The van der Waals surface area contributed by atoms with Crippen molar-refractivity contribution in [3.8, 4) is 0 Å². The molecular formula is C10H13NOS. The first kappa shape index (κ1) is 9.99. The number of hydrogen-bond acceptors (Lipinski definition) is 2. The molecule has 1 heterocycles. The Kier molecular flexibility index (Phi) is 4.26. The third-order valence-corrected chi connectivity index (χ3v) is 2.33. The van der Waals surface area contributed by atoms with Crippen LogP contribution in [0.15, 0.2) is 23.6 Å². The Morgan fingerprint density at radius 2 is 2.54 bits per heavy atom. The minimum atomic E-state index is -0.0183. The molecule has 2 nitrogen and oxygen atoms in total. The number of rotatable bonds is 4. The second kappa shape index (κ2) is 5.54. The van der Waals surface area contributed by atoms with Crippen LogP contribution < -0.4 is 5.32 Å². The maximum Gasteiger partial charge on any atom is 0.244 e. The maximum atomic E-state index is 11.1. The minimum Gasteiger partial charge on any atom is -0.353 e. The van der Waals surface area contributed by atoms with Crippen molar-refractivity contribution in [2.75, 3.05) is 6.54 Å². The van der Waals surface area contributed by atoms with Crippen molar-refractivity contribution in [1.82, 2.24) is 5.32 Å². The maximum absolute atomic E-state index is 11.1. The first-order valence-electron chi connectivity index (χ1n) is 4.32. The van der Waals surface area contributed by atoms with Gasteiger partial charge in [-0.05, 0) is 23.9 Å². The number of thiophene rings is 1. The van der Waals surface area contributed by atoms with E-state index in [2.05, 4.69) is 5.32 Å². The molecule has 0 fully saturated rings. The van der Waals surface area contributed by atoms with Crippen molar-refractivity contribution in [3.05, 3.63) is 28.5 Å². The highest BCUT2D eigenvalue weighted by Crippen LogP contribution is 2.09. The molecule has 0 saturated heterocycles. The molecule has 1 aromatic rings. The van der Waals surface area contributed by atoms with Crippen molar-refractivity contribution in [2.45, 2.75) is 13.3 Å². The smallest absolute Gasteiger partial charge is 0.244 e. The highest BCUT2D eigenvalue weighted by atomic mass is 32.1. The fraction of sp³-hybridized carbons (Fsp3) is 0.300. The van der Waals surface area contributed by atoms with E-state index in [1.807, 2.05) is 30.5 Å². The van der Waals surface area contributed by atoms with E-state index in [0.29, 0.717) is 0 Å². The van der Waals surface area contributed by atoms with Crippen LogP contribution in [0.3, 0.4) is 0 Å². The first-order valence-corrected chi connectivity index (χ1v) is 5.20. The third-order valence-electron chi connectivity index (χ3n) is 1.49. The van der Waals surface area contributed by atoms with Crippen LogP contribution in [0.25, 0.3) is 6.08 Å². The van der Waals surface area contributed by atoms with Crippen molar-refractivity contribution in [1.29, 1.82) is 0 Å². The topological polar surface area (TPSA) is 29.1 Å². The standard InChI is InChI=1S/C10H13NOS/c1-2-7-11-10(12)6-5-9-4-3-8-13-9/h3-6,8H,2,7H2,1H3,(H,11,12). The zero-order valence-corrected chi connectivity index (χ0v) is 8.43. The number of nitrogens with one attached hydrogen (secondary N) is 1. The molecular weight excluding hydrogens is 182 g/mol. The Labute approximate surface area is 82.3 Å². The number of amides is 1. The quantitative estimate of drug-likeness (QED) is 0.734. The van der Waals surface area contributed by atoms with Crippen LogP contribution in [-0.4, -0.2) is 12.5 Å². The Morgan fingerprint density at radius 1 is 1.69 bits per heavy atom. The van der Waals surface area contributed by atoms with Crippen LogP contribution in [0.5, 0.6) is 0 Å². The van der Waals surface area contributed by atoms with Crippen LogP contribution in [0, 0.1) is 0 Å². The molecule has 70 valence electrons. The van der Waals surface area contributed by atoms with Gasteiger partial charge >= 0.3 is 0 Å². The largest absolute Gasteiger partial charge is 0.353 e. The average Bonchev–Trinajstić information content (AvgIpc) is 2.64. The predicted molar refractivity (Wildman–Crippen MR) is 56.7 cm³/mol. The molecule has 13 heavy (non-hydrogen) atoms.